The van der Waals surface area contributed by atoms with Crippen LogP contribution in [0.1, 0.15) is 16.3 Å². The first-order valence-corrected chi connectivity index (χ1v) is 6.62. The van der Waals surface area contributed by atoms with Crippen LogP contribution in [0.4, 0.5) is 5.82 Å². The van der Waals surface area contributed by atoms with E-state index in [-0.39, 0.29) is 5.91 Å². The Balaban J connectivity index is 1.87. The second-order valence-corrected chi connectivity index (χ2v) is 4.55. The van der Waals surface area contributed by atoms with E-state index in [1.54, 1.807) is 25.5 Å². The smallest absolute Gasteiger partial charge is 0.270 e. The van der Waals surface area contributed by atoms with Gasteiger partial charge in [0.25, 0.3) is 5.91 Å². The van der Waals surface area contributed by atoms with Gasteiger partial charge in [-0.25, -0.2) is 9.97 Å². The Morgan fingerprint density at radius 2 is 2.19 bits per heavy atom. The van der Waals surface area contributed by atoms with E-state index >= 15 is 0 Å². The molecule has 0 atom stereocenters. The number of imidazole rings is 1. The van der Waals surface area contributed by atoms with Gasteiger partial charge in [-0.3, -0.25) is 4.79 Å². The van der Waals surface area contributed by atoms with Gasteiger partial charge < -0.3 is 15.6 Å². The molecule has 0 aliphatic rings. The zero-order valence-electron chi connectivity index (χ0n) is 11.6. The molecule has 1 amide bonds. The fourth-order valence-electron chi connectivity index (χ4n) is 2.15. The number of fused-ring (bicyclic) bond motifs is 1. The molecule has 0 saturated heterocycles. The molecule has 0 spiro atoms. The number of aromatic amines is 1. The van der Waals surface area contributed by atoms with Crippen molar-refractivity contribution in [3.05, 3.63) is 54.2 Å². The first kappa shape index (κ1) is 13.1. The summed E-state index contributed by atoms with van der Waals surface area (Å²) in [6, 6.07) is 9.60. The summed E-state index contributed by atoms with van der Waals surface area (Å²) in [5.74, 6) is 1.17. The largest absolute Gasteiger partial charge is 0.373 e. The van der Waals surface area contributed by atoms with Crippen molar-refractivity contribution in [3.8, 4) is 0 Å². The lowest BCUT2D eigenvalue weighted by Gasteiger charge is -2.09. The summed E-state index contributed by atoms with van der Waals surface area (Å²) in [6.07, 6.45) is 3.36. The van der Waals surface area contributed by atoms with Gasteiger partial charge in [0.05, 0.1) is 6.54 Å². The van der Waals surface area contributed by atoms with Crippen molar-refractivity contribution in [2.75, 3.05) is 12.4 Å². The standard InChI is InChI=1S/C15H15N5O/c1-16-14-11-5-3-2-4-10(11)8-12(20-14)15(21)19-9-13-17-6-7-18-13/h2-8H,9H2,1H3,(H,16,20)(H,17,18)(H,19,21). The van der Waals surface area contributed by atoms with Crippen LogP contribution in [0.15, 0.2) is 42.7 Å². The van der Waals surface area contributed by atoms with E-state index in [2.05, 4.69) is 25.6 Å². The Morgan fingerprint density at radius 1 is 1.33 bits per heavy atom. The predicted molar refractivity (Wildman–Crippen MR) is 81.0 cm³/mol. The molecule has 0 fully saturated rings. The minimum absolute atomic E-state index is 0.228. The van der Waals surface area contributed by atoms with Crippen molar-refractivity contribution in [2.24, 2.45) is 0 Å². The number of hydrogen-bond donors (Lipinski definition) is 3. The molecule has 0 unspecified atom stereocenters. The molecule has 3 aromatic rings. The summed E-state index contributed by atoms with van der Waals surface area (Å²) >= 11 is 0. The molecule has 2 aromatic heterocycles. The summed E-state index contributed by atoms with van der Waals surface area (Å²) < 4.78 is 0. The third-order valence-electron chi connectivity index (χ3n) is 3.18. The maximum Gasteiger partial charge on any atom is 0.270 e. The number of amides is 1. The Bertz CT molecular complexity index is 767. The highest BCUT2D eigenvalue weighted by Crippen LogP contribution is 2.22. The zero-order valence-corrected chi connectivity index (χ0v) is 11.6. The van der Waals surface area contributed by atoms with E-state index in [0.29, 0.717) is 23.9 Å². The van der Waals surface area contributed by atoms with Crippen LogP contribution in [0.2, 0.25) is 0 Å². The van der Waals surface area contributed by atoms with Crippen LogP contribution in [0, 0.1) is 0 Å². The van der Waals surface area contributed by atoms with Gasteiger partial charge >= 0.3 is 0 Å². The molecule has 0 radical (unpaired) electrons. The SMILES string of the molecule is CNc1nc(C(=O)NCc2ncc[nH]2)cc2ccccc12. The van der Waals surface area contributed by atoms with Crippen LogP contribution in [0.3, 0.4) is 0 Å². The molecule has 1 aromatic carbocycles. The molecular formula is C15H15N5O. The molecule has 21 heavy (non-hydrogen) atoms. The molecule has 106 valence electrons. The molecule has 6 heteroatoms. The highest BCUT2D eigenvalue weighted by atomic mass is 16.1. The number of rotatable bonds is 4. The minimum atomic E-state index is -0.228. The van der Waals surface area contributed by atoms with Crippen molar-refractivity contribution in [1.29, 1.82) is 0 Å². The van der Waals surface area contributed by atoms with Crippen LogP contribution in [-0.2, 0) is 6.54 Å². The summed E-state index contributed by atoms with van der Waals surface area (Å²) in [5.41, 5.74) is 0.379. The Hall–Kier alpha value is -2.89. The number of benzene rings is 1. The molecular weight excluding hydrogens is 266 g/mol. The van der Waals surface area contributed by atoms with Crippen molar-refractivity contribution in [1.82, 2.24) is 20.3 Å². The molecule has 0 aliphatic heterocycles. The molecule has 3 N–H and O–H groups in total. The van der Waals surface area contributed by atoms with E-state index in [9.17, 15) is 4.79 Å². The molecule has 6 nitrogen and oxygen atoms in total. The number of H-pyrrole nitrogens is 1. The number of pyridine rings is 1. The van der Waals surface area contributed by atoms with Crippen LogP contribution in [0.25, 0.3) is 10.8 Å². The van der Waals surface area contributed by atoms with E-state index in [1.165, 1.54) is 0 Å². The lowest BCUT2D eigenvalue weighted by atomic mass is 10.1. The second-order valence-electron chi connectivity index (χ2n) is 4.55. The fourth-order valence-corrected chi connectivity index (χ4v) is 2.15. The maximum atomic E-state index is 12.2. The van der Waals surface area contributed by atoms with Crippen molar-refractivity contribution < 1.29 is 4.79 Å². The third-order valence-corrected chi connectivity index (χ3v) is 3.18. The van der Waals surface area contributed by atoms with Crippen LogP contribution < -0.4 is 10.6 Å². The van der Waals surface area contributed by atoms with Crippen LogP contribution in [0.5, 0.6) is 0 Å². The van der Waals surface area contributed by atoms with Crippen molar-refractivity contribution in [3.63, 3.8) is 0 Å². The summed E-state index contributed by atoms with van der Waals surface area (Å²) in [6.45, 7) is 0.342. The van der Waals surface area contributed by atoms with E-state index in [0.717, 1.165) is 10.8 Å². The zero-order chi connectivity index (χ0) is 14.7. The number of nitrogens with zero attached hydrogens (tertiary/aromatic N) is 2. The molecule has 2 heterocycles. The van der Waals surface area contributed by atoms with Gasteiger partial charge in [-0.2, -0.15) is 0 Å². The first-order chi connectivity index (χ1) is 10.3. The highest BCUT2D eigenvalue weighted by Gasteiger charge is 2.11. The molecule has 0 saturated carbocycles. The number of anilines is 1. The number of carbonyl (C=O) groups is 1. The predicted octanol–water partition coefficient (Wildman–Crippen LogP) is 1.93. The summed E-state index contributed by atoms with van der Waals surface area (Å²) in [4.78, 5) is 23.6. The monoisotopic (exact) mass is 281 g/mol. The lowest BCUT2D eigenvalue weighted by molar-refractivity contribution is 0.0945. The highest BCUT2D eigenvalue weighted by molar-refractivity contribution is 6.00. The van der Waals surface area contributed by atoms with Crippen molar-refractivity contribution in [2.45, 2.75) is 6.54 Å². The number of nitrogens with one attached hydrogen (secondary N) is 3. The Labute approximate surface area is 121 Å². The third kappa shape index (κ3) is 2.69. The first-order valence-electron chi connectivity index (χ1n) is 6.62. The van der Waals surface area contributed by atoms with E-state index < -0.39 is 0 Å². The van der Waals surface area contributed by atoms with Crippen molar-refractivity contribution >= 4 is 22.5 Å². The lowest BCUT2D eigenvalue weighted by Crippen LogP contribution is -2.24. The van der Waals surface area contributed by atoms with Gasteiger partial charge in [0.15, 0.2) is 0 Å². The Morgan fingerprint density at radius 3 is 2.95 bits per heavy atom. The molecule has 3 rings (SSSR count). The quantitative estimate of drug-likeness (QED) is 0.682. The van der Waals surface area contributed by atoms with Gasteiger partial charge in [0.2, 0.25) is 0 Å². The minimum Gasteiger partial charge on any atom is -0.373 e. The van der Waals surface area contributed by atoms with Gasteiger partial charge in [-0.1, -0.05) is 24.3 Å². The van der Waals surface area contributed by atoms with E-state index in [4.69, 9.17) is 0 Å². The van der Waals surface area contributed by atoms with Crippen LogP contribution in [-0.4, -0.2) is 27.9 Å². The van der Waals surface area contributed by atoms with Gasteiger partial charge in [0.1, 0.15) is 17.3 Å². The topological polar surface area (TPSA) is 82.7 Å². The van der Waals surface area contributed by atoms with Gasteiger partial charge in [-0.05, 0) is 11.5 Å². The Kier molecular flexibility index (Phi) is 3.51. The average molecular weight is 281 g/mol. The average Bonchev–Trinajstić information content (AvgIpc) is 3.04. The molecule has 0 bridgehead atoms. The van der Waals surface area contributed by atoms with Gasteiger partial charge in [-0.15, -0.1) is 0 Å². The van der Waals surface area contributed by atoms with Crippen LogP contribution >= 0.6 is 0 Å². The van der Waals surface area contributed by atoms with E-state index in [1.807, 2.05) is 24.3 Å². The normalized spacial score (nSPS) is 10.5. The molecule has 0 aliphatic carbocycles. The number of carbonyl (C=O) groups excluding carboxylic acids is 1. The number of hydrogen-bond acceptors (Lipinski definition) is 4. The fraction of sp³-hybridized carbons (Fsp3) is 0.133. The maximum absolute atomic E-state index is 12.2. The van der Waals surface area contributed by atoms with Gasteiger partial charge in [0, 0.05) is 24.8 Å². The summed E-state index contributed by atoms with van der Waals surface area (Å²) in [5, 5.41) is 7.78. The second kappa shape index (κ2) is 5.62. The number of aromatic nitrogens is 3. The summed E-state index contributed by atoms with van der Waals surface area (Å²) in [7, 11) is 1.79.